The summed E-state index contributed by atoms with van der Waals surface area (Å²) in [6.07, 6.45) is 19.4. The minimum absolute atomic E-state index is 0.0743. The Kier molecular flexibility index (Phi) is 8.46. The first-order valence-electron chi connectivity index (χ1n) is 22.2. The highest BCUT2D eigenvalue weighted by Crippen LogP contribution is 2.49. The molecule has 0 amide bonds. The van der Waals surface area contributed by atoms with Gasteiger partial charge in [0.05, 0.1) is 16.7 Å². The molecule has 3 aliphatic rings. The zero-order chi connectivity index (χ0) is 41.7. The quantitative estimate of drug-likeness (QED) is 0.174. The minimum atomic E-state index is 0.0743. The van der Waals surface area contributed by atoms with Crippen molar-refractivity contribution in [2.24, 2.45) is 5.92 Å². The second-order valence-corrected chi connectivity index (χ2v) is 20.0. The summed E-state index contributed by atoms with van der Waals surface area (Å²) in [5, 5.41) is 7.33. The lowest BCUT2D eigenvalue weighted by atomic mass is 9.63. The predicted molar refractivity (Wildman–Crippen MR) is 262 cm³/mol. The van der Waals surface area contributed by atoms with Crippen molar-refractivity contribution < 1.29 is 0 Å². The average molecular weight is 821 g/mol. The molecular weight excluding hydrogens is 773 g/mol. The Bertz CT molecular complexity index is 3460. The number of allylic oxidation sites excluding steroid dienone is 8. The van der Waals surface area contributed by atoms with Gasteiger partial charge in [0, 0.05) is 58.9 Å². The molecule has 0 saturated heterocycles. The van der Waals surface area contributed by atoms with Crippen LogP contribution in [0.3, 0.4) is 0 Å². The monoisotopic (exact) mass is 820 g/mol. The van der Waals surface area contributed by atoms with E-state index in [2.05, 4.69) is 184 Å². The summed E-state index contributed by atoms with van der Waals surface area (Å²) in [7, 11) is 0. The molecule has 0 N–H and O–H groups in total. The van der Waals surface area contributed by atoms with E-state index in [4.69, 9.17) is 15.0 Å². The van der Waals surface area contributed by atoms with Crippen LogP contribution in [0, 0.1) is 5.92 Å². The molecule has 302 valence electrons. The van der Waals surface area contributed by atoms with E-state index in [-0.39, 0.29) is 10.8 Å². The normalized spacial score (nSPS) is 18.2. The van der Waals surface area contributed by atoms with Crippen LogP contribution >= 0.6 is 11.3 Å². The molecule has 0 saturated carbocycles. The summed E-state index contributed by atoms with van der Waals surface area (Å²) < 4.78 is 5.00. The Morgan fingerprint density at radius 3 is 2.13 bits per heavy atom. The van der Waals surface area contributed by atoms with E-state index in [1.807, 2.05) is 11.3 Å². The van der Waals surface area contributed by atoms with Crippen LogP contribution in [0.15, 0.2) is 157 Å². The molecule has 6 aromatic carbocycles. The standard InChI is InChI=1S/C57H48N4S/c1-56(2)29-30-57(3,4)46-34-49-44(33-45(46)56)41-19-10-12-22-47(41)61(49)48-32-39(31-38-17-8-9-18-40(38)48)54-58-53(37-27-25-36(26-28-37)35-15-6-5-7-16-35)59-55(60-54)43-21-14-24-51-52(43)42-20-11-13-23-50(42)62-51/h6,8-25,27-28,31-34,36H,5,7,26,29-30H2,1-4H3. The van der Waals surface area contributed by atoms with Crippen LogP contribution in [0.25, 0.3) is 86.8 Å². The van der Waals surface area contributed by atoms with E-state index in [0.29, 0.717) is 23.4 Å². The van der Waals surface area contributed by atoms with Gasteiger partial charge in [-0.15, -0.1) is 11.3 Å². The van der Waals surface area contributed by atoms with Crippen molar-refractivity contribution in [3.05, 3.63) is 174 Å². The predicted octanol–water partition coefficient (Wildman–Crippen LogP) is 15.4. The fourth-order valence-corrected chi connectivity index (χ4v) is 11.7. The SMILES string of the molecule is CC1(C)CCC(C)(C)c2cc3c(cc21)c1ccccc1n3-c1cc(-c2nc(C3=CCC(C4=CCCC=C4)C=C3)nc(-c3cccc4sc5ccccc5c34)n2)cc2ccccc12. The number of benzene rings is 6. The topological polar surface area (TPSA) is 43.6 Å². The van der Waals surface area contributed by atoms with Crippen molar-refractivity contribution in [2.45, 2.75) is 70.6 Å². The maximum Gasteiger partial charge on any atom is 0.164 e. The van der Waals surface area contributed by atoms with Crippen molar-refractivity contribution in [3.8, 4) is 28.5 Å². The van der Waals surface area contributed by atoms with Gasteiger partial charge in [-0.2, -0.15) is 0 Å². The van der Waals surface area contributed by atoms with Gasteiger partial charge in [-0.3, -0.25) is 0 Å². The number of para-hydroxylation sites is 1. The number of aromatic nitrogens is 4. The zero-order valence-corrected chi connectivity index (χ0v) is 36.6. The summed E-state index contributed by atoms with van der Waals surface area (Å²) in [5.74, 6) is 2.42. The smallest absolute Gasteiger partial charge is 0.164 e. The molecule has 4 nitrogen and oxygen atoms in total. The molecule has 5 heteroatoms. The van der Waals surface area contributed by atoms with E-state index in [1.165, 1.54) is 70.5 Å². The maximum atomic E-state index is 5.44. The molecule has 3 aromatic heterocycles. The van der Waals surface area contributed by atoms with Crippen molar-refractivity contribution >= 4 is 69.7 Å². The highest BCUT2D eigenvalue weighted by Gasteiger charge is 2.38. The first-order valence-corrected chi connectivity index (χ1v) is 23.1. The number of hydrogen-bond donors (Lipinski definition) is 0. The maximum absolute atomic E-state index is 5.44. The van der Waals surface area contributed by atoms with E-state index >= 15 is 0 Å². The second kappa shape index (κ2) is 14.1. The first-order chi connectivity index (χ1) is 30.2. The van der Waals surface area contributed by atoms with Crippen LogP contribution in [0.4, 0.5) is 0 Å². The van der Waals surface area contributed by atoms with Gasteiger partial charge in [0.1, 0.15) is 0 Å². The Morgan fingerprint density at radius 1 is 0.597 bits per heavy atom. The van der Waals surface area contributed by atoms with Gasteiger partial charge in [-0.1, -0.05) is 137 Å². The second-order valence-electron chi connectivity index (χ2n) is 18.9. The third-order valence-corrected chi connectivity index (χ3v) is 15.2. The molecule has 0 spiro atoms. The van der Waals surface area contributed by atoms with Gasteiger partial charge in [0.15, 0.2) is 17.5 Å². The Hall–Kier alpha value is -6.43. The van der Waals surface area contributed by atoms with Gasteiger partial charge < -0.3 is 4.57 Å². The third kappa shape index (κ3) is 5.96. The number of nitrogens with zero attached hydrogens (tertiary/aromatic N) is 4. The van der Waals surface area contributed by atoms with Crippen LogP contribution in [0.1, 0.15) is 76.8 Å². The number of fused-ring (bicyclic) bond motifs is 8. The summed E-state index contributed by atoms with van der Waals surface area (Å²) in [4.78, 5) is 16.2. The van der Waals surface area contributed by atoms with Crippen molar-refractivity contribution in [1.82, 2.24) is 19.5 Å². The Balaban J connectivity index is 1.10. The van der Waals surface area contributed by atoms with Crippen LogP contribution < -0.4 is 0 Å². The molecular formula is C57H48N4S. The fraction of sp³-hybridized carbons (Fsp3) is 0.211. The molecule has 62 heavy (non-hydrogen) atoms. The number of rotatable bonds is 5. The van der Waals surface area contributed by atoms with Crippen molar-refractivity contribution in [1.29, 1.82) is 0 Å². The van der Waals surface area contributed by atoms with Gasteiger partial charge >= 0.3 is 0 Å². The molecule has 1 unspecified atom stereocenters. The molecule has 0 fully saturated rings. The lowest BCUT2D eigenvalue weighted by molar-refractivity contribution is 0.332. The van der Waals surface area contributed by atoms with E-state index < -0.39 is 0 Å². The first kappa shape index (κ1) is 37.3. The number of hydrogen-bond acceptors (Lipinski definition) is 4. The largest absolute Gasteiger partial charge is 0.309 e. The molecule has 1 atom stereocenters. The van der Waals surface area contributed by atoms with E-state index in [9.17, 15) is 0 Å². The fourth-order valence-electron chi connectivity index (χ4n) is 10.6. The lowest BCUT2D eigenvalue weighted by Crippen LogP contribution is -2.33. The molecule has 12 rings (SSSR count). The van der Waals surface area contributed by atoms with Gasteiger partial charge in [0.2, 0.25) is 0 Å². The van der Waals surface area contributed by atoms with Crippen molar-refractivity contribution in [3.63, 3.8) is 0 Å². The van der Waals surface area contributed by atoms with Gasteiger partial charge in [0.25, 0.3) is 0 Å². The van der Waals surface area contributed by atoms with Crippen LogP contribution in [-0.2, 0) is 10.8 Å². The summed E-state index contributed by atoms with van der Waals surface area (Å²) in [5.41, 5.74) is 11.1. The van der Waals surface area contributed by atoms with Crippen LogP contribution in [0.5, 0.6) is 0 Å². The summed E-state index contributed by atoms with van der Waals surface area (Å²) in [6, 6.07) is 42.6. The minimum Gasteiger partial charge on any atom is -0.309 e. The Morgan fingerprint density at radius 2 is 1.32 bits per heavy atom. The molecule has 0 bridgehead atoms. The van der Waals surface area contributed by atoms with Gasteiger partial charge in [-0.25, -0.2) is 15.0 Å². The average Bonchev–Trinajstić information content (AvgIpc) is 3.86. The molecule has 3 aliphatic carbocycles. The Labute approximate surface area is 366 Å². The molecule has 3 heterocycles. The van der Waals surface area contributed by atoms with Crippen LogP contribution in [-0.4, -0.2) is 19.5 Å². The third-order valence-electron chi connectivity index (χ3n) is 14.1. The summed E-state index contributed by atoms with van der Waals surface area (Å²) in [6.45, 7) is 9.69. The highest BCUT2D eigenvalue weighted by atomic mass is 32.1. The lowest BCUT2D eigenvalue weighted by Gasteiger charge is -2.42. The van der Waals surface area contributed by atoms with E-state index in [1.54, 1.807) is 0 Å². The van der Waals surface area contributed by atoms with Crippen molar-refractivity contribution in [2.75, 3.05) is 0 Å². The highest BCUT2D eigenvalue weighted by molar-refractivity contribution is 7.25. The van der Waals surface area contributed by atoms with E-state index in [0.717, 1.165) is 53.5 Å². The van der Waals surface area contributed by atoms with Gasteiger partial charge in [-0.05, 0) is 107 Å². The summed E-state index contributed by atoms with van der Waals surface area (Å²) >= 11 is 1.82. The number of thiophene rings is 1. The molecule has 9 aromatic rings. The molecule has 0 radical (unpaired) electrons. The van der Waals surface area contributed by atoms with Crippen LogP contribution in [0.2, 0.25) is 0 Å². The molecule has 0 aliphatic heterocycles. The zero-order valence-electron chi connectivity index (χ0n) is 35.7.